The topological polar surface area (TPSA) is 102 Å². The highest BCUT2D eigenvalue weighted by Crippen LogP contribution is 2.36. The Morgan fingerprint density at radius 2 is 1.86 bits per heavy atom. The number of hydrogen-bond donors (Lipinski definition) is 2. The molecule has 1 aliphatic heterocycles. The molecule has 2 N–H and O–H groups in total. The molecule has 1 aliphatic rings. The minimum atomic E-state index is -3.97. The molecule has 1 aromatic carbocycles. The van der Waals surface area contributed by atoms with Crippen LogP contribution in [0.1, 0.15) is 19.4 Å². The fourth-order valence-corrected chi connectivity index (χ4v) is 3.60. The van der Waals surface area contributed by atoms with Gasteiger partial charge in [-0.1, -0.05) is 13.8 Å². The van der Waals surface area contributed by atoms with Gasteiger partial charge < -0.3 is 14.6 Å². The van der Waals surface area contributed by atoms with Crippen LogP contribution in [0.4, 0.5) is 0 Å². The summed E-state index contributed by atoms with van der Waals surface area (Å²) in [6.45, 7) is 4.92. The third-order valence-electron chi connectivity index (χ3n) is 3.17. The molecule has 116 valence electrons. The summed E-state index contributed by atoms with van der Waals surface area (Å²) >= 11 is 0. The van der Waals surface area contributed by atoms with Crippen molar-refractivity contribution >= 4 is 16.0 Å². The summed E-state index contributed by atoms with van der Waals surface area (Å²) in [4.78, 5) is 11.1. The number of hydrogen-bond acceptors (Lipinski definition) is 5. The predicted molar refractivity (Wildman–Crippen MR) is 73.9 cm³/mol. The van der Waals surface area contributed by atoms with Crippen molar-refractivity contribution in [3.05, 3.63) is 17.7 Å². The lowest BCUT2D eigenvalue weighted by Gasteiger charge is -2.19. The number of fused-ring (bicyclic) bond motifs is 1. The summed E-state index contributed by atoms with van der Waals surface area (Å²) in [7, 11) is -3.97. The van der Waals surface area contributed by atoms with Crippen molar-refractivity contribution in [1.29, 1.82) is 0 Å². The van der Waals surface area contributed by atoms with E-state index in [-0.39, 0.29) is 17.6 Å². The molecule has 0 saturated carbocycles. The third kappa shape index (κ3) is 3.11. The Labute approximate surface area is 122 Å². The van der Waals surface area contributed by atoms with E-state index >= 15 is 0 Å². The second-order valence-corrected chi connectivity index (χ2v) is 6.83. The zero-order valence-electron chi connectivity index (χ0n) is 11.9. The summed E-state index contributed by atoms with van der Waals surface area (Å²) in [5.74, 6) is -0.791. The van der Waals surface area contributed by atoms with E-state index in [1.807, 2.05) is 0 Å². The molecule has 1 atom stereocenters. The van der Waals surface area contributed by atoms with Crippen LogP contribution in [0.15, 0.2) is 17.0 Å². The number of ether oxygens (including phenoxy) is 2. The molecule has 0 fully saturated rings. The molecule has 0 bridgehead atoms. The number of aliphatic carboxylic acids is 1. The molecule has 0 radical (unpaired) electrons. The van der Waals surface area contributed by atoms with Gasteiger partial charge in [-0.3, -0.25) is 4.79 Å². The first-order valence-electron chi connectivity index (χ1n) is 6.37. The van der Waals surface area contributed by atoms with E-state index in [0.29, 0.717) is 17.1 Å². The standard InChI is InChI=1S/C13H17NO6S/c1-7(2)12(13(15)16)14-21(17,18)11-5-10-9(4-8(11)3)19-6-20-10/h4-5,7,12,14H,6H2,1-3H3,(H,15,16)/t12-/m1/s1. The van der Waals surface area contributed by atoms with Crippen LogP contribution in [-0.2, 0) is 14.8 Å². The number of rotatable bonds is 5. The molecular formula is C13H17NO6S. The summed E-state index contributed by atoms with van der Waals surface area (Å²) in [5.41, 5.74) is 0.458. The summed E-state index contributed by atoms with van der Waals surface area (Å²) < 4.78 is 37.4. The molecule has 0 saturated heterocycles. The fourth-order valence-electron chi connectivity index (χ4n) is 2.02. The number of nitrogens with one attached hydrogen (secondary N) is 1. The van der Waals surface area contributed by atoms with Crippen molar-refractivity contribution in [3.8, 4) is 11.5 Å². The van der Waals surface area contributed by atoms with Crippen LogP contribution in [-0.4, -0.2) is 32.3 Å². The van der Waals surface area contributed by atoms with Gasteiger partial charge in [-0.05, 0) is 24.5 Å². The van der Waals surface area contributed by atoms with Crippen LogP contribution in [0.25, 0.3) is 0 Å². The molecule has 2 rings (SSSR count). The Morgan fingerprint density at radius 3 is 2.38 bits per heavy atom. The van der Waals surface area contributed by atoms with Crippen molar-refractivity contribution < 1.29 is 27.8 Å². The lowest BCUT2D eigenvalue weighted by molar-refractivity contribution is -0.140. The molecule has 21 heavy (non-hydrogen) atoms. The van der Waals surface area contributed by atoms with Gasteiger partial charge in [-0.2, -0.15) is 4.72 Å². The van der Waals surface area contributed by atoms with E-state index in [4.69, 9.17) is 14.6 Å². The minimum Gasteiger partial charge on any atom is -0.480 e. The van der Waals surface area contributed by atoms with Crippen LogP contribution in [0, 0.1) is 12.8 Å². The maximum absolute atomic E-state index is 12.4. The second-order valence-electron chi connectivity index (χ2n) is 5.15. The van der Waals surface area contributed by atoms with Crippen molar-refractivity contribution in [2.45, 2.75) is 31.7 Å². The zero-order valence-corrected chi connectivity index (χ0v) is 12.7. The first kappa shape index (κ1) is 15.6. The Balaban J connectivity index is 2.38. The Kier molecular flexibility index (Phi) is 4.11. The maximum atomic E-state index is 12.4. The largest absolute Gasteiger partial charge is 0.480 e. The van der Waals surface area contributed by atoms with Gasteiger partial charge in [0.15, 0.2) is 11.5 Å². The van der Waals surface area contributed by atoms with Gasteiger partial charge in [0.25, 0.3) is 0 Å². The molecule has 0 amide bonds. The monoisotopic (exact) mass is 315 g/mol. The van der Waals surface area contributed by atoms with Crippen LogP contribution in [0.5, 0.6) is 11.5 Å². The minimum absolute atomic E-state index is 0.0151. The van der Waals surface area contributed by atoms with Gasteiger partial charge >= 0.3 is 5.97 Å². The Bertz CT molecular complexity index is 667. The SMILES string of the molecule is Cc1cc2c(cc1S(=O)(=O)N[C@@H](C(=O)O)C(C)C)OCO2. The Morgan fingerprint density at radius 1 is 1.29 bits per heavy atom. The number of sulfonamides is 1. The van der Waals surface area contributed by atoms with Gasteiger partial charge in [0, 0.05) is 6.07 Å². The van der Waals surface area contributed by atoms with Crippen LogP contribution in [0.3, 0.4) is 0 Å². The van der Waals surface area contributed by atoms with E-state index in [1.54, 1.807) is 26.8 Å². The van der Waals surface area contributed by atoms with Crippen molar-refractivity contribution in [3.63, 3.8) is 0 Å². The first-order chi connectivity index (χ1) is 9.72. The molecule has 1 heterocycles. The fraction of sp³-hybridized carbons (Fsp3) is 0.462. The average Bonchev–Trinajstić information content (AvgIpc) is 2.81. The maximum Gasteiger partial charge on any atom is 0.322 e. The second kappa shape index (κ2) is 5.53. The molecule has 0 unspecified atom stereocenters. The number of carboxylic acids is 1. The summed E-state index contributed by atoms with van der Waals surface area (Å²) in [6, 6.07) is 1.71. The van der Waals surface area contributed by atoms with Crippen LogP contribution < -0.4 is 14.2 Å². The van der Waals surface area contributed by atoms with E-state index in [2.05, 4.69) is 4.72 Å². The highest BCUT2D eigenvalue weighted by Gasteiger charge is 2.30. The van der Waals surface area contributed by atoms with E-state index in [1.165, 1.54) is 6.07 Å². The van der Waals surface area contributed by atoms with E-state index in [0.717, 1.165) is 0 Å². The molecule has 0 spiro atoms. The molecule has 8 heteroatoms. The van der Waals surface area contributed by atoms with E-state index in [9.17, 15) is 13.2 Å². The lowest BCUT2D eigenvalue weighted by atomic mass is 10.1. The quantitative estimate of drug-likeness (QED) is 0.844. The molecular weight excluding hydrogens is 298 g/mol. The van der Waals surface area contributed by atoms with Crippen molar-refractivity contribution in [2.24, 2.45) is 5.92 Å². The molecule has 0 aromatic heterocycles. The van der Waals surface area contributed by atoms with Gasteiger partial charge in [0.1, 0.15) is 6.04 Å². The van der Waals surface area contributed by atoms with Crippen LogP contribution >= 0.6 is 0 Å². The number of carbonyl (C=O) groups is 1. The smallest absolute Gasteiger partial charge is 0.322 e. The first-order valence-corrected chi connectivity index (χ1v) is 7.86. The number of carboxylic acid groups (broad SMARTS) is 1. The molecule has 7 nitrogen and oxygen atoms in total. The van der Waals surface area contributed by atoms with Gasteiger partial charge in [0.05, 0.1) is 4.90 Å². The lowest BCUT2D eigenvalue weighted by Crippen LogP contribution is -2.44. The average molecular weight is 315 g/mol. The van der Waals surface area contributed by atoms with E-state index < -0.39 is 22.0 Å². The zero-order chi connectivity index (χ0) is 15.8. The normalized spacial score (nSPS) is 15.2. The number of aryl methyl sites for hydroxylation is 1. The van der Waals surface area contributed by atoms with Gasteiger partial charge in [-0.25, -0.2) is 8.42 Å². The predicted octanol–water partition coefficient (Wildman–Crippen LogP) is 1.11. The molecule has 0 aliphatic carbocycles. The Hall–Kier alpha value is -1.80. The van der Waals surface area contributed by atoms with Crippen molar-refractivity contribution in [2.75, 3.05) is 6.79 Å². The van der Waals surface area contributed by atoms with Gasteiger partial charge in [-0.15, -0.1) is 0 Å². The third-order valence-corrected chi connectivity index (χ3v) is 4.76. The summed E-state index contributed by atoms with van der Waals surface area (Å²) in [6.07, 6.45) is 0. The summed E-state index contributed by atoms with van der Waals surface area (Å²) in [5, 5.41) is 9.11. The highest BCUT2D eigenvalue weighted by molar-refractivity contribution is 7.89. The van der Waals surface area contributed by atoms with Crippen LogP contribution in [0.2, 0.25) is 0 Å². The highest BCUT2D eigenvalue weighted by atomic mass is 32.2. The van der Waals surface area contributed by atoms with Crippen molar-refractivity contribution in [1.82, 2.24) is 4.72 Å². The number of benzene rings is 1. The van der Waals surface area contributed by atoms with Gasteiger partial charge in [0.2, 0.25) is 16.8 Å². The molecule has 1 aromatic rings.